The van der Waals surface area contributed by atoms with Gasteiger partial charge in [0.05, 0.1) is 4.92 Å². The number of rotatable bonds is 3. The lowest BCUT2D eigenvalue weighted by molar-refractivity contribution is -0.384. The Morgan fingerprint density at radius 3 is 2.38 bits per heavy atom. The van der Waals surface area contributed by atoms with Crippen LogP contribution in [-0.4, -0.2) is 16.3 Å². The average molecular weight is 363 g/mol. The Morgan fingerprint density at radius 2 is 1.86 bits per heavy atom. The van der Waals surface area contributed by atoms with Crippen molar-refractivity contribution in [1.29, 1.82) is 0 Å². The molecule has 21 heavy (non-hydrogen) atoms. The van der Waals surface area contributed by atoms with Crippen LogP contribution in [0.2, 0.25) is 0 Å². The Kier molecular flexibility index (Phi) is 4.12. The molecule has 0 saturated carbocycles. The lowest BCUT2D eigenvalue weighted by atomic mass is 10.1. The summed E-state index contributed by atoms with van der Waals surface area (Å²) in [6.45, 7) is 0. The number of hydrogen-bond donors (Lipinski definition) is 0. The van der Waals surface area contributed by atoms with E-state index in [0.29, 0.717) is 10.0 Å². The lowest BCUT2D eigenvalue weighted by Crippen LogP contribution is -2.16. The smallest absolute Gasteiger partial charge is 0.406 e. The molecule has 0 aliphatic heterocycles. The fourth-order valence-corrected chi connectivity index (χ4v) is 1.92. The van der Waals surface area contributed by atoms with Crippen molar-refractivity contribution in [3.63, 3.8) is 0 Å². The van der Waals surface area contributed by atoms with Gasteiger partial charge in [0.1, 0.15) is 11.4 Å². The second kappa shape index (κ2) is 5.68. The molecule has 0 N–H and O–H groups in total. The average Bonchev–Trinajstić information content (AvgIpc) is 2.38. The summed E-state index contributed by atoms with van der Waals surface area (Å²) in [6, 6.07) is 5.93. The van der Waals surface area contributed by atoms with Crippen LogP contribution in [0.4, 0.5) is 18.9 Å². The standard InChI is InChI=1S/C12H6BrF3N2O3/c13-8-5-10(18(19)20)11(17-6-8)7-1-3-9(4-2-7)21-12(14,15)16/h1-6H. The first-order valence-corrected chi connectivity index (χ1v) is 6.22. The van der Waals surface area contributed by atoms with E-state index in [2.05, 4.69) is 25.7 Å². The summed E-state index contributed by atoms with van der Waals surface area (Å²) in [5.41, 5.74) is 0.111. The number of alkyl halides is 3. The second-order valence-corrected chi connectivity index (χ2v) is 4.77. The zero-order valence-electron chi connectivity index (χ0n) is 10.1. The predicted molar refractivity (Wildman–Crippen MR) is 70.7 cm³/mol. The van der Waals surface area contributed by atoms with Gasteiger partial charge in [-0.25, -0.2) is 4.98 Å². The Balaban J connectivity index is 2.37. The van der Waals surface area contributed by atoms with Gasteiger partial charge >= 0.3 is 6.36 Å². The summed E-state index contributed by atoms with van der Waals surface area (Å²) in [5, 5.41) is 11.0. The fourth-order valence-electron chi connectivity index (χ4n) is 1.60. The van der Waals surface area contributed by atoms with Gasteiger partial charge in [0.25, 0.3) is 5.69 Å². The highest BCUT2D eigenvalue weighted by atomic mass is 79.9. The second-order valence-electron chi connectivity index (χ2n) is 3.85. The number of halogens is 4. The molecule has 0 unspecified atom stereocenters. The van der Waals surface area contributed by atoms with Gasteiger partial charge < -0.3 is 4.74 Å². The number of hydrogen-bond acceptors (Lipinski definition) is 4. The molecule has 0 atom stereocenters. The SMILES string of the molecule is O=[N+]([O-])c1cc(Br)cnc1-c1ccc(OC(F)(F)F)cc1. The predicted octanol–water partition coefficient (Wildman–Crippen LogP) is 4.32. The summed E-state index contributed by atoms with van der Waals surface area (Å²) >= 11 is 3.07. The van der Waals surface area contributed by atoms with E-state index < -0.39 is 17.0 Å². The quantitative estimate of drug-likeness (QED) is 0.602. The van der Waals surface area contributed by atoms with E-state index in [9.17, 15) is 23.3 Å². The molecule has 5 nitrogen and oxygen atoms in total. The number of pyridine rings is 1. The summed E-state index contributed by atoms with van der Waals surface area (Å²) < 4.78 is 40.3. The van der Waals surface area contributed by atoms with Crippen molar-refractivity contribution in [1.82, 2.24) is 4.98 Å². The zero-order chi connectivity index (χ0) is 15.6. The van der Waals surface area contributed by atoms with Crippen LogP contribution >= 0.6 is 15.9 Å². The first-order chi connectivity index (χ1) is 9.76. The molecule has 0 amide bonds. The van der Waals surface area contributed by atoms with E-state index in [1.165, 1.54) is 24.4 Å². The molecule has 1 aromatic heterocycles. The number of nitro groups is 1. The summed E-state index contributed by atoms with van der Waals surface area (Å²) in [5.74, 6) is -0.411. The summed E-state index contributed by atoms with van der Waals surface area (Å²) in [7, 11) is 0. The van der Waals surface area contributed by atoms with Crippen LogP contribution in [-0.2, 0) is 0 Å². The fraction of sp³-hybridized carbons (Fsp3) is 0.0833. The molecule has 2 aromatic rings. The van der Waals surface area contributed by atoms with Crippen molar-refractivity contribution in [3.05, 3.63) is 51.1 Å². The van der Waals surface area contributed by atoms with E-state index in [-0.39, 0.29) is 11.4 Å². The number of nitrogens with zero attached hydrogens (tertiary/aromatic N) is 2. The molecule has 0 spiro atoms. The van der Waals surface area contributed by atoms with Crippen molar-refractivity contribution in [2.75, 3.05) is 0 Å². The molecule has 110 valence electrons. The van der Waals surface area contributed by atoms with E-state index in [1.54, 1.807) is 0 Å². The molecule has 0 fully saturated rings. The highest BCUT2D eigenvalue weighted by Gasteiger charge is 2.31. The maximum atomic E-state index is 12.1. The summed E-state index contributed by atoms with van der Waals surface area (Å²) in [6.07, 6.45) is -3.42. The van der Waals surface area contributed by atoms with Crippen LogP contribution < -0.4 is 4.74 Å². The van der Waals surface area contributed by atoms with Crippen molar-refractivity contribution in [2.24, 2.45) is 0 Å². The van der Waals surface area contributed by atoms with Crippen molar-refractivity contribution in [2.45, 2.75) is 6.36 Å². The molecule has 9 heteroatoms. The third-order valence-electron chi connectivity index (χ3n) is 2.39. The highest BCUT2D eigenvalue weighted by molar-refractivity contribution is 9.10. The maximum absolute atomic E-state index is 12.1. The molecule has 0 bridgehead atoms. The van der Waals surface area contributed by atoms with Gasteiger partial charge in [-0.1, -0.05) is 0 Å². The Bertz CT molecular complexity index is 674. The zero-order valence-corrected chi connectivity index (χ0v) is 11.7. The van der Waals surface area contributed by atoms with Crippen LogP contribution in [0.25, 0.3) is 11.3 Å². The van der Waals surface area contributed by atoms with Gasteiger partial charge in [0, 0.05) is 22.3 Å². The van der Waals surface area contributed by atoms with Gasteiger partial charge in [0.2, 0.25) is 0 Å². The minimum absolute atomic E-state index is 0.0572. The highest BCUT2D eigenvalue weighted by Crippen LogP contribution is 2.31. The minimum Gasteiger partial charge on any atom is -0.406 e. The molecule has 1 aromatic carbocycles. The minimum atomic E-state index is -4.79. The van der Waals surface area contributed by atoms with Gasteiger partial charge in [-0.05, 0) is 40.2 Å². The monoisotopic (exact) mass is 362 g/mol. The Hall–Kier alpha value is -2.16. The van der Waals surface area contributed by atoms with Gasteiger partial charge in [-0.15, -0.1) is 13.2 Å². The third kappa shape index (κ3) is 3.91. The molecule has 2 rings (SSSR count). The maximum Gasteiger partial charge on any atom is 0.573 e. The Labute approximate surface area is 124 Å². The van der Waals surface area contributed by atoms with Crippen LogP contribution in [0, 0.1) is 10.1 Å². The molecule has 0 aliphatic carbocycles. The van der Waals surface area contributed by atoms with Crippen LogP contribution in [0.1, 0.15) is 0 Å². The molecular formula is C12H6BrF3N2O3. The molecular weight excluding hydrogens is 357 g/mol. The van der Waals surface area contributed by atoms with E-state index in [1.807, 2.05) is 0 Å². The van der Waals surface area contributed by atoms with Crippen LogP contribution in [0.15, 0.2) is 41.0 Å². The van der Waals surface area contributed by atoms with Crippen molar-refractivity contribution in [3.8, 4) is 17.0 Å². The Morgan fingerprint density at radius 1 is 1.24 bits per heavy atom. The largest absolute Gasteiger partial charge is 0.573 e. The summed E-state index contributed by atoms with van der Waals surface area (Å²) in [4.78, 5) is 14.3. The van der Waals surface area contributed by atoms with Crippen LogP contribution in [0.5, 0.6) is 5.75 Å². The van der Waals surface area contributed by atoms with Gasteiger partial charge in [-0.2, -0.15) is 0 Å². The molecule has 0 radical (unpaired) electrons. The van der Waals surface area contributed by atoms with Gasteiger partial charge in [0.15, 0.2) is 0 Å². The van der Waals surface area contributed by atoms with Crippen molar-refractivity contribution >= 4 is 21.6 Å². The number of aromatic nitrogens is 1. The lowest BCUT2D eigenvalue weighted by Gasteiger charge is -2.09. The molecule has 0 saturated heterocycles. The molecule has 0 aliphatic rings. The van der Waals surface area contributed by atoms with E-state index in [4.69, 9.17) is 0 Å². The number of ether oxygens (including phenoxy) is 1. The van der Waals surface area contributed by atoms with E-state index in [0.717, 1.165) is 12.1 Å². The van der Waals surface area contributed by atoms with Crippen molar-refractivity contribution < 1.29 is 22.8 Å². The first-order valence-electron chi connectivity index (χ1n) is 5.42. The van der Waals surface area contributed by atoms with E-state index >= 15 is 0 Å². The topological polar surface area (TPSA) is 65.3 Å². The van der Waals surface area contributed by atoms with Crippen LogP contribution in [0.3, 0.4) is 0 Å². The number of benzene rings is 1. The van der Waals surface area contributed by atoms with Gasteiger partial charge in [-0.3, -0.25) is 10.1 Å². The first kappa shape index (κ1) is 15.2. The normalized spacial score (nSPS) is 11.2. The third-order valence-corrected chi connectivity index (χ3v) is 2.83. The molecule has 1 heterocycles.